The predicted octanol–water partition coefficient (Wildman–Crippen LogP) is 5.39. The molecule has 0 spiro atoms. The number of amides is 1. The van der Waals surface area contributed by atoms with E-state index in [2.05, 4.69) is 5.32 Å². The molecule has 1 atom stereocenters. The van der Waals surface area contributed by atoms with Crippen LogP contribution in [-0.2, 0) is 38.5 Å². The summed E-state index contributed by atoms with van der Waals surface area (Å²) >= 11 is 0. The van der Waals surface area contributed by atoms with Crippen molar-refractivity contribution in [1.82, 2.24) is 5.32 Å². The quantitative estimate of drug-likeness (QED) is 0.227. The van der Waals surface area contributed by atoms with Crippen molar-refractivity contribution >= 4 is 28.8 Å². The molecular formula is C31H29NO6. The van der Waals surface area contributed by atoms with Crippen LogP contribution in [0.5, 0.6) is 5.75 Å². The van der Waals surface area contributed by atoms with Crippen LogP contribution >= 0.6 is 0 Å². The van der Waals surface area contributed by atoms with Gasteiger partial charge in [0.05, 0.1) is 13.0 Å². The summed E-state index contributed by atoms with van der Waals surface area (Å²) in [5.74, 6) is -0.544. The zero-order valence-corrected chi connectivity index (χ0v) is 21.1. The standard InChI is InChI=1S/C31H29NO6/c1-2-36-30(34)28(32-31(35)37-21-23-9-4-3-5-10-23)19-22-15-17-26(18-16-22)38-29(33)20-25-13-8-12-24-11-6-7-14-27(24)25/h3-18,28H,2,19-21H2,1H3,(H,32,35)/t28-/m0/s1. The van der Waals surface area contributed by atoms with E-state index in [1.807, 2.05) is 72.8 Å². The van der Waals surface area contributed by atoms with Crippen molar-refractivity contribution in [2.24, 2.45) is 0 Å². The zero-order valence-electron chi connectivity index (χ0n) is 21.1. The van der Waals surface area contributed by atoms with Gasteiger partial charge in [-0.05, 0) is 46.5 Å². The zero-order chi connectivity index (χ0) is 26.7. The number of nitrogens with one attached hydrogen (secondary N) is 1. The van der Waals surface area contributed by atoms with E-state index < -0.39 is 18.1 Å². The maximum Gasteiger partial charge on any atom is 0.408 e. The van der Waals surface area contributed by atoms with Gasteiger partial charge in [-0.15, -0.1) is 0 Å². The summed E-state index contributed by atoms with van der Waals surface area (Å²) in [6, 6.07) is 28.9. The highest BCUT2D eigenvalue weighted by atomic mass is 16.6. The van der Waals surface area contributed by atoms with Crippen LogP contribution < -0.4 is 10.1 Å². The Balaban J connectivity index is 1.34. The van der Waals surface area contributed by atoms with Crippen molar-refractivity contribution in [2.45, 2.75) is 32.4 Å². The molecule has 4 rings (SSSR count). The molecule has 1 N–H and O–H groups in total. The molecule has 0 bridgehead atoms. The van der Waals surface area contributed by atoms with Crippen molar-refractivity contribution in [3.05, 3.63) is 114 Å². The molecule has 7 nitrogen and oxygen atoms in total. The van der Waals surface area contributed by atoms with E-state index >= 15 is 0 Å². The van der Waals surface area contributed by atoms with Crippen LogP contribution in [0.15, 0.2) is 97.1 Å². The van der Waals surface area contributed by atoms with Crippen molar-refractivity contribution in [2.75, 3.05) is 6.61 Å². The second kappa shape index (κ2) is 13.1. The highest BCUT2D eigenvalue weighted by Gasteiger charge is 2.23. The summed E-state index contributed by atoms with van der Waals surface area (Å²) in [7, 11) is 0. The van der Waals surface area contributed by atoms with Gasteiger partial charge in [0.1, 0.15) is 18.4 Å². The molecule has 1 amide bonds. The number of rotatable bonds is 10. The summed E-state index contributed by atoms with van der Waals surface area (Å²) < 4.78 is 15.9. The van der Waals surface area contributed by atoms with Gasteiger partial charge >= 0.3 is 18.0 Å². The monoisotopic (exact) mass is 511 g/mol. The third kappa shape index (κ3) is 7.43. The molecule has 0 fully saturated rings. The maximum absolute atomic E-state index is 12.6. The van der Waals surface area contributed by atoms with Crippen LogP contribution in [-0.4, -0.2) is 30.7 Å². The van der Waals surface area contributed by atoms with Gasteiger partial charge < -0.3 is 19.5 Å². The first kappa shape index (κ1) is 26.4. The molecule has 0 radical (unpaired) electrons. The Hall–Kier alpha value is -4.65. The highest BCUT2D eigenvalue weighted by Crippen LogP contribution is 2.20. The highest BCUT2D eigenvalue weighted by molar-refractivity contribution is 5.89. The van der Waals surface area contributed by atoms with Gasteiger partial charge in [-0.1, -0.05) is 84.9 Å². The van der Waals surface area contributed by atoms with Gasteiger partial charge in [0.15, 0.2) is 0 Å². The second-order valence-corrected chi connectivity index (χ2v) is 8.65. The minimum atomic E-state index is -0.932. The van der Waals surface area contributed by atoms with Crippen LogP contribution in [0.3, 0.4) is 0 Å². The van der Waals surface area contributed by atoms with Gasteiger partial charge in [0, 0.05) is 6.42 Å². The lowest BCUT2D eigenvalue weighted by molar-refractivity contribution is -0.145. The molecule has 38 heavy (non-hydrogen) atoms. The smallest absolute Gasteiger partial charge is 0.408 e. The molecular weight excluding hydrogens is 482 g/mol. The fraction of sp³-hybridized carbons (Fsp3) is 0.194. The van der Waals surface area contributed by atoms with Gasteiger partial charge in [-0.3, -0.25) is 4.79 Å². The van der Waals surface area contributed by atoms with Gasteiger partial charge in [-0.25, -0.2) is 9.59 Å². The largest absolute Gasteiger partial charge is 0.464 e. The Kier molecular flexibility index (Phi) is 9.07. The van der Waals surface area contributed by atoms with Gasteiger partial charge in [0.25, 0.3) is 0 Å². The maximum atomic E-state index is 12.6. The first-order chi connectivity index (χ1) is 18.5. The molecule has 0 aliphatic carbocycles. The van der Waals surface area contributed by atoms with Crippen LogP contribution in [0, 0.1) is 0 Å². The molecule has 0 heterocycles. The topological polar surface area (TPSA) is 90.9 Å². The number of hydrogen-bond acceptors (Lipinski definition) is 6. The lowest BCUT2D eigenvalue weighted by Gasteiger charge is -2.17. The number of carbonyl (C=O) groups excluding carboxylic acids is 3. The second-order valence-electron chi connectivity index (χ2n) is 8.65. The lowest BCUT2D eigenvalue weighted by Crippen LogP contribution is -2.43. The number of carbonyl (C=O) groups is 3. The van der Waals surface area contributed by atoms with Crippen LogP contribution in [0.4, 0.5) is 4.79 Å². The number of benzene rings is 4. The molecule has 7 heteroatoms. The van der Waals surface area contributed by atoms with Crippen LogP contribution in [0.1, 0.15) is 23.6 Å². The fourth-order valence-electron chi connectivity index (χ4n) is 4.04. The summed E-state index contributed by atoms with van der Waals surface area (Å²) in [5, 5.41) is 4.67. The Bertz CT molecular complexity index is 1380. The van der Waals surface area contributed by atoms with Crippen LogP contribution in [0.25, 0.3) is 10.8 Å². The average Bonchev–Trinajstić information content (AvgIpc) is 2.93. The molecule has 0 unspecified atom stereocenters. The summed E-state index contributed by atoms with van der Waals surface area (Å²) in [4.78, 5) is 37.4. The van der Waals surface area contributed by atoms with E-state index in [4.69, 9.17) is 14.2 Å². The molecule has 4 aromatic rings. The Labute approximate surface area is 221 Å². The van der Waals surface area contributed by atoms with Crippen molar-refractivity contribution in [1.29, 1.82) is 0 Å². The molecule has 0 saturated carbocycles. The molecule has 0 aliphatic rings. The third-order valence-corrected chi connectivity index (χ3v) is 5.89. The molecule has 0 aromatic heterocycles. The average molecular weight is 512 g/mol. The van der Waals surface area contributed by atoms with E-state index in [-0.39, 0.29) is 32.0 Å². The van der Waals surface area contributed by atoms with E-state index in [1.165, 1.54) is 0 Å². The third-order valence-electron chi connectivity index (χ3n) is 5.89. The molecule has 0 aliphatic heterocycles. The van der Waals surface area contributed by atoms with Gasteiger partial charge in [0.2, 0.25) is 0 Å². The Morgan fingerprint density at radius 3 is 2.24 bits per heavy atom. The Morgan fingerprint density at radius 1 is 0.763 bits per heavy atom. The number of ether oxygens (including phenoxy) is 3. The van der Waals surface area contributed by atoms with E-state index in [1.54, 1.807) is 31.2 Å². The minimum Gasteiger partial charge on any atom is -0.464 e. The summed E-state index contributed by atoms with van der Waals surface area (Å²) in [6.45, 7) is 1.97. The SMILES string of the molecule is CCOC(=O)[C@H](Cc1ccc(OC(=O)Cc2cccc3ccccc23)cc1)NC(=O)OCc1ccccc1. The minimum absolute atomic E-state index is 0.0844. The number of esters is 2. The summed E-state index contributed by atoms with van der Waals surface area (Å²) in [6.07, 6.45) is -0.391. The lowest BCUT2D eigenvalue weighted by atomic mass is 10.0. The normalized spacial score (nSPS) is 11.4. The first-order valence-electron chi connectivity index (χ1n) is 12.4. The predicted molar refractivity (Wildman–Crippen MR) is 144 cm³/mol. The number of alkyl carbamates (subject to hydrolysis) is 1. The van der Waals surface area contributed by atoms with E-state index in [9.17, 15) is 14.4 Å². The molecule has 194 valence electrons. The Morgan fingerprint density at radius 2 is 1.47 bits per heavy atom. The van der Waals surface area contributed by atoms with Crippen molar-refractivity contribution in [3.63, 3.8) is 0 Å². The van der Waals surface area contributed by atoms with Crippen molar-refractivity contribution in [3.8, 4) is 5.75 Å². The van der Waals surface area contributed by atoms with Gasteiger partial charge in [-0.2, -0.15) is 0 Å². The molecule has 4 aromatic carbocycles. The number of hydrogen-bond donors (Lipinski definition) is 1. The number of fused-ring (bicyclic) bond motifs is 1. The summed E-state index contributed by atoms with van der Waals surface area (Å²) in [5.41, 5.74) is 2.48. The fourth-order valence-corrected chi connectivity index (χ4v) is 4.04. The van der Waals surface area contributed by atoms with E-state index in [0.29, 0.717) is 5.75 Å². The van der Waals surface area contributed by atoms with E-state index in [0.717, 1.165) is 27.5 Å². The first-order valence-corrected chi connectivity index (χ1v) is 12.4. The molecule has 0 saturated heterocycles. The van der Waals surface area contributed by atoms with Crippen molar-refractivity contribution < 1.29 is 28.6 Å². The van der Waals surface area contributed by atoms with Crippen LogP contribution in [0.2, 0.25) is 0 Å².